The molecular weight excluding hydrogens is 276 g/mol. The molecule has 0 saturated heterocycles. The zero-order chi connectivity index (χ0) is 14.9. The number of fused-ring (bicyclic) bond motifs is 1. The molecule has 5 heteroatoms. The number of aromatic nitrogens is 3. The molecule has 0 bridgehead atoms. The van der Waals surface area contributed by atoms with Crippen LogP contribution in [0.2, 0.25) is 0 Å². The predicted octanol–water partition coefficient (Wildman–Crippen LogP) is 3.13. The lowest BCUT2D eigenvalue weighted by atomic mass is 9.93. The van der Waals surface area contributed by atoms with Crippen LogP contribution in [0.1, 0.15) is 29.6 Å². The average molecular weight is 292 g/mol. The molecule has 2 aromatic carbocycles. The van der Waals surface area contributed by atoms with E-state index >= 15 is 0 Å². The summed E-state index contributed by atoms with van der Waals surface area (Å²) >= 11 is 0. The SMILES string of the molecule is Oc1ccccc1[C@H]1C[C@@H](c2ccccc2)n2ncnc2N1. The van der Waals surface area contributed by atoms with Crippen molar-refractivity contribution in [1.82, 2.24) is 14.8 Å². The van der Waals surface area contributed by atoms with Crippen LogP contribution < -0.4 is 5.32 Å². The Kier molecular flexibility index (Phi) is 3.04. The van der Waals surface area contributed by atoms with Crippen molar-refractivity contribution in [2.24, 2.45) is 0 Å². The van der Waals surface area contributed by atoms with E-state index in [1.807, 2.05) is 41.1 Å². The minimum atomic E-state index is 0.00288. The molecule has 0 spiro atoms. The number of para-hydroxylation sites is 1. The van der Waals surface area contributed by atoms with Crippen molar-refractivity contribution in [3.8, 4) is 5.75 Å². The lowest BCUT2D eigenvalue weighted by Gasteiger charge is -2.32. The summed E-state index contributed by atoms with van der Waals surface area (Å²) in [5.41, 5.74) is 2.08. The van der Waals surface area contributed by atoms with E-state index in [1.54, 1.807) is 12.4 Å². The normalized spacial score (nSPS) is 20.2. The Hall–Kier alpha value is -2.82. The predicted molar refractivity (Wildman–Crippen MR) is 83.7 cm³/mol. The van der Waals surface area contributed by atoms with Gasteiger partial charge in [0.25, 0.3) is 0 Å². The van der Waals surface area contributed by atoms with Gasteiger partial charge in [0, 0.05) is 5.56 Å². The van der Waals surface area contributed by atoms with Gasteiger partial charge in [-0.1, -0.05) is 48.5 Å². The molecule has 3 aromatic rings. The zero-order valence-corrected chi connectivity index (χ0v) is 11.9. The first kappa shape index (κ1) is 12.9. The van der Waals surface area contributed by atoms with Crippen molar-refractivity contribution < 1.29 is 5.11 Å². The number of phenolic OH excluding ortho intramolecular Hbond substituents is 1. The van der Waals surface area contributed by atoms with E-state index in [4.69, 9.17) is 0 Å². The Bertz CT molecular complexity index is 784. The molecule has 2 atom stereocenters. The van der Waals surface area contributed by atoms with E-state index in [0.717, 1.165) is 17.9 Å². The van der Waals surface area contributed by atoms with Gasteiger partial charge < -0.3 is 10.4 Å². The molecule has 2 N–H and O–H groups in total. The molecule has 1 aliphatic rings. The minimum Gasteiger partial charge on any atom is -0.508 e. The van der Waals surface area contributed by atoms with Gasteiger partial charge in [0.2, 0.25) is 5.95 Å². The van der Waals surface area contributed by atoms with E-state index in [1.165, 1.54) is 5.56 Å². The first-order valence-electron chi connectivity index (χ1n) is 7.32. The van der Waals surface area contributed by atoms with E-state index in [0.29, 0.717) is 5.75 Å². The standard InChI is InChI=1S/C17H16N4O/c22-16-9-5-4-8-13(16)14-10-15(12-6-2-1-3-7-12)21-17(20-14)18-11-19-21/h1-9,11,14-15,22H,10H2,(H,18,19,20)/t14-,15+/m1/s1. The maximum atomic E-state index is 10.1. The molecule has 5 nitrogen and oxygen atoms in total. The largest absolute Gasteiger partial charge is 0.508 e. The summed E-state index contributed by atoms with van der Waals surface area (Å²) in [7, 11) is 0. The number of hydrogen-bond acceptors (Lipinski definition) is 4. The lowest BCUT2D eigenvalue weighted by molar-refractivity contribution is 0.414. The van der Waals surface area contributed by atoms with E-state index in [9.17, 15) is 5.11 Å². The number of rotatable bonds is 2. The van der Waals surface area contributed by atoms with E-state index in [-0.39, 0.29) is 12.1 Å². The number of benzene rings is 2. The van der Waals surface area contributed by atoms with Crippen molar-refractivity contribution in [3.63, 3.8) is 0 Å². The highest BCUT2D eigenvalue weighted by Gasteiger charge is 2.30. The molecule has 0 aliphatic carbocycles. The van der Waals surface area contributed by atoms with E-state index in [2.05, 4.69) is 27.5 Å². The second kappa shape index (κ2) is 5.18. The molecule has 2 heterocycles. The van der Waals surface area contributed by atoms with Gasteiger partial charge in [0.05, 0.1) is 12.1 Å². The third-order valence-corrected chi connectivity index (χ3v) is 4.13. The van der Waals surface area contributed by atoms with Gasteiger partial charge in [-0.05, 0) is 18.1 Å². The van der Waals surface area contributed by atoms with Crippen LogP contribution in [0.15, 0.2) is 60.9 Å². The second-order valence-corrected chi connectivity index (χ2v) is 5.45. The highest BCUT2D eigenvalue weighted by molar-refractivity contribution is 5.43. The number of phenols is 1. The molecule has 0 saturated carbocycles. The summed E-state index contributed by atoms with van der Waals surface area (Å²) in [5.74, 6) is 1.04. The van der Waals surface area contributed by atoms with Gasteiger partial charge >= 0.3 is 0 Å². The first-order chi connectivity index (χ1) is 10.8. The van der Waals surface area contributed by atoms with Crippen LogP contribution in [0.4, 0.5) is 5.95 Å². The number of anilines is 1. The molecule has 0 unspecified atom stereocenters. The monoisotopic (exact) mass is 292 g/mol. The molecule has 22 heavy (non-hydrogen) atoms. The van der Waals surface area contributed by atoms with Crippen LogP contribution in [-0.2, 0) is 0 Å². The summed E-state index contributed by atoms with van der Waals surface area (Å²) in [4.78, 5) is 4.30. The summed E-state index contributed by atoms with van der Waals surface area (Å²) in [6.45, 7) is 0. The molecular formula is C17H16N4O. The zero-order valence-electron chi connectivity index (χ0n) is 11.9. The van der Waals surface area contributed by atoms with Gasteiger partial charge in [0.1, 0.15) is 12.1 Å². The topological polar surface area (TPSA) is 63.0 Å². The third kappa shape index (κ3) is 2.11. The summed E-state index contributed by atoms with van der Waals surface area (Å²) in [5, 5.41) is 17.8. The van der Waals surface area contributed by atoms with Crippen LogP contribution >= 0.6 is 0 Å². The molecule has 1 aromatic heterocycles. The maximum absolute atomic E-state index is 10.1. The van der Waals surface area contributed by atoms with E-state index < -0.39 is 0 Å². The fourth-order valence-electron chi connectivity index (χ4n) is 3.06. The number of nitrogens with zero attached hydrogens (tertiary/aromatic N) is 3. The Morgan fingerprint density at radius 2 is 1.82 bits per heavy atom. The molecule has 1 aliphatic heterocycles. The average Bonchev–Trinajstić information content (AvgIpc) is 3.03. The Labute approximate surface area is 128 Å². The molecule has 0 fully saturated rings. The third-order valence-electron chi connectivity index (χ3n) is 4.13. The quantitative estimate of drug-likeness (QED) is 0.761. The summed E-state index contributed by atoms with van der Waals surface area (Å²) in [6, 6.07) is 17.8. The highest BCUT2D eigenvalue weighted by atomic mass is 16.3. The van der Waals surface area contributed by atoms with Crippen LogP contribution in [0.3, 0.4) is 0 Å². The van der Waals surface area contributed by atoms with Gasteiger partial charge in [-0.3, -0.25) is 0 Å². The maximum Gasteiger partial charge on any atom is 0.222 e. The number of nitrogens with one attached hydrogen (secondary N) is 1. The summed E-state index contributed by atoms with van der Waals surface area (Å²) < 4.78 is 1.91. The number of aromatic hydroxyl groups is 1. The van der Waals surface area contributed by atoms with Crippen molar-refractivity contribution in [2.45, 2.75) is 18.5 Å². The van der Waals surface area contributed by atoms with Crippen molar-refractivity contribution >= 4 is 5.95 Å². The summed E-state index contributed by atoms with van der Waals surface area (Å²) in [6.07, 6.45) is 2.36. The molecule has 4 rings (SSSR count). The Morgan fingerprint density at radius 1 is 1.05 bits per heavy atom. The van der Waals surface area contributed by atoms with Crippen LogP contribution in [0, 0.1) is 0 Å². The van der Waals surface area contributed by atoms with Gasteiger partial charge in [-0.15, -0.1) is 0 Å². The smallest absolute Gasteiger partial charge is 0.222 e. The highest BCUT2D eigenvalue weighted by Crippen LogP contribution is 2.39. The fraction of sp³-hybridized carbons (Fsp3) is 0.176. The Balaban J connectivity index is 1.76. The van der Waals surface area contributed by atoms with Crippen molar-refractivity contribution in [1.29, 1.82) is 0 Å². The van der Waals surface area contributed by atoms with Crippen LogP contribution in [-0.4, -0.2) is 19.9 Å². The van der Waals surface area contributed by atoms with Gasteiger partial charge in [-0.2, -0.15) is 10.1 Å². The van der Waals surface area contributed by atoms with Crippen LogP contribution in [0.25, 0.3) is 0 Å². The lowest BCUT2D eigenvalue weighted by Crippen LogP contribution is -2.28. The second-order valence-electron chi connectivity index (χ2n) is 5.45. The Morgan fingerprint density at radius 3 is 2.64 bits per heavy atom. The first-order valence-corrected chi connectivity index (χ1v) is 7.32. The fourth-order valence-corrected chi connectivity index (χ4v) is 3.06. The van der Waals surface area contributed by atoms with Crippen molar-refractivity contribution in [2.75, 3.05) is 5.32 Å². The van der Waals surface area contributed by atoms with Gasteiger partial charge in [0.15, 0.2) is 0 Å². The number of hydrogen-bond donors (Lipinski definition) is 2. The van der Waals surface area contributed by atoms with Gasteiger partial charge in [-0.25, -0.2) is 4.68 Å². The molecule has 0 radical (unpaired) electrons. The van der Waals surface area contributed by atoms with Crippen LogP contribution in [0.5, 0.6) is 5.75 Å². The van der Waals surface area contributed by atoms with Crippen molar-refractivity contribution in [3.05, 3.63) is 72.1 Å². The molecule has 110 valence electrons. The minimum absolute atomic E-state index is 0.00288. The molecule has 0 amide bonds.